The maximum Gasteiger partial charge on any atom is 0.490 e. The first-order chi connectivity index (χ1) is 17.5. The van der Waals surface area contributed by atoms with Crippen LogP contribution in [-0.2, 0) is 16.1 Å². The third kappa shape index (κ3) is 10.8. The topological polar surface area (TPSA) is 125 Å². The van der Waals surface area contributed by atoms with E-state index in [-0.39, 0.29) is 5.91 Å². The van der Waals surface area contributed by atoms with Gasteiger partial charge in [-0.25, -0.2) is 9.78 Å². The number of alkyl halides is 3. The first kappa shape index (κ1) is 28.9. The second-order valence-corrected chi connectivity index (χ2v) is 7.82. The molecule has 0 saturated heterocycles. The third-order valence-electron chi connectivity index (χ3n) is 4.66. The molecule has 0 saturated carbocycles. The van der Waals surface area contributed by atoms with Crippen LogP contribution in [0.5, 0.6) is 5.75 Å². The maximum atomic E-state index is 12.2. The number of nitrogens with zero attached hydrogens (tertiary/aromatic N) is 2. The summed E-state index contributed by atoms with van der Waals surface area (Å²) in [5.41, 5.74) is 3.97. The lowest BCUT2D eigenvalue weighted by Crippen LogP contribution is -2.21. The Balaban J connectivity index is 0.000000604. The van der Waals surface area contributed by atoms with Gasteiger partial charge in [0.05, 0.1) is 7.11 Å². The van der Waals surface area contributed by atoms with Gasteiger partial charge in [-0.05, 0) is 43.7 Å². The molecular weight excluding hydrogens is 491 g/mol. The molecule has 4 N–H and O–H groups in total. The van der Waals surface area contributed by atoms with Crippen molar-refractivity contribution in [2.24, 2.45) is 0 Å². The van der Waals surface area contributed by atoms with Crippen LogP contribution in [0.15, 0.2) is 54.6 Å². The fourth-order valence-electron chi connectivity index (χ4n) is 2.94. The maximum absolute atomic E-state index is 12.2. The van der Waals surface area contributed by atoms with Gasteiger partial charge in [-0.1, -0.05) is 29.8 Å². The summed E-state index contributed by atoms with van der Waals surface area (Å²) in [7, 11) is 1.61. The normalized spacial score (nSPS) is 10.5. The summed E-state index contributed by atoms with van der Waals surface area (Å²) in [6, 6.07) is 17.4. The molecule has 3 aromatic rings. The molecule has 0 aliphatic carbocycles. The first-order valence-electron chi connectivity index (χ1n) is 11.1. The molecule has 1 aromatic heterocycles. The number of carboxylic acids is 1. The van der Waals surface area contributed by atoms with E-state index in [4.69, 9.17) is 14.6 Å². The van der Waals surface area contributed by atoms with E-state index in [0.717, 1.165) is 17.1 Å². The highest BCUT2D eigenvalue weighted by Gasteiger charge is 2.38. The van der Waals surface area contributed by atoms with E-state index in [2.05, 4.69) is 51.0 Å². The number of methoxy groups -OCH3 is 1. The van der Waals surface area contributed by atoms with Crippen molar-refractivity contribution in [2.45, 2.75) is 33.0 Å². The molecule has 0 spiro atoms. The van der Waals surface area contributed by atoms with Gasteiger partial charge < -0.3 is 25.8 Å². The molecular formula is C25H28F3N5O4. The van der Waals surface area contributed by atoms with Gasteiger partial charge in [0.1, 0.15) is 11.6 Å². The molecule has 198 valence electrons. The Morgan fingerprint density at radius 3 is 2.27 bits per heavy atom. The van der Waals surface area contributed by atoms with Gasteiger partial charge in [-0.15, -0.1) is 0 Å². The van der Waals surface area contributed by atoms with E-state index in [1.54, 1.807) is 7.11 Å². The van der Waals surface area contributed by atoms with E-state index >= 15 is 0 Å². The summed E-state index contributed by atoms with van der Waals surface area (Å²) in [6.07, 6.45) is -4.76. The highest BCUT2D eigenvalue weighted by Crippen LogP contribution is 2.16. The largest absolute Gasteiger partial charge is 0.497 e. The SMILES string of the molecule is COc1ccc(NC(=O)CCNc2cc(C)nc(NCc3cccc(C)c3)n2)cc1.O=C(O)C(F)(F)F. The number of rotatable bonds is 9. The van der Waals surface area contributed by atoms with Crippen molar-refractivity contribution in [3.05, 3.63) is 71.4 Å². The molecule has 0 aliphatic rings. The summed E-state index contributed by atoms with van der Waals surface area (Å²) in [5, 5.41) is 16.4. The Morgan fingerprint density at radius 2 is 1.68 bits per heavy atom. The zero-order valence-electron chi connectivity index (χ0n) is 20.5. The number of nitrogens with one attached hydrogen (secondary N) is 3. The molecule has 1 heterocycles. The van der Waals surface area contributed by atoms with E-state index in [1.807, 2.05) is 43.3 Å². The van der Waals surface area contributed by atoms with Crippen LogP contribution in [0.2, 0.25) is 0 Å². The Kier molecular flexibility index (Phi) is 10.7. The molecule has 1 amide bonds. The first-order valence-corrected chi connectivity index (χ1v) is 11.1. The fourth-order valence-corrected chi connectivity index (χ4v) is 2.94. The van der Waals surface area contributed by atoms with Crippen molar-refractivity contribution in [2.75, 3.05) is 29.6 Å². The van der Waals surface area contributed by atoms with Crippen molar-refractivity contribution in [3.63, 3.8) is 0 Å². The van der Waals surface area contributed by atoms with Crippen LogP contribution in [-0.4, -0.2) is 46.8 Å². The highest BCUT2D eigenvalue weighted by molar-refractivity contribution is 5.91. The lowest BCUT2D eigenvalue weighted by molar-refractivity contribution is -0.192. The lowest BCUT2D eigenvalue weighted by Gasteiger charge is -2.11. The lowest BCUT2D eigenvalue weighted by atomic mass is 10.1. The quantitative estimate of drug-likeness (QED) is 0.318. The molecule has 0 aliphatic heterocycles. The summed E-state index contributed by atoms with van der Waals surface area (Å²) >= 11 is 0. The Bertz CT molecular complexity index is 1190. The van der Waals surface area contributed by atoms with Crippen molar-refractivity contribution in [1.29, 1.82) is 0 Å². The van der Waals surface area contributed by atoms with Gasteiger partial charge in [0, 0.05) is 37.0 Å². The van der Waals surface area contributed by atoms with E-state index in [0.29, 0.717) is 31.3 Å². The molecule has 9 nitrogen and oxygen atoms in total. The Labute approximate surface area is 212 Å². The number of anilines is 3. The number of aliphatic carboxylic acids is 1. The molecule has 12 heteroatoms. The van der Waals surface area contributed by atoms with Crippen LogP contribution >= 0.6 is 0 Å². The molecule has 0 bridgehead atoms. The molecule has 37 heavy (non-hydrogen) atoms. The molecule has 2 aromatic carbocycles. The monoisotopic (exact) mass is 519 g/mol. The van der Waals surface area contributed by atoms with Crippen molar-refractivity contribution >= 4 is 29.3 Å². The van der Waals surface area contributed by atoms with Gasteiger partial charge in [-0.3, -0.25) is 4.79 Å². The average Bonchev–Trinajstić information content (AvgIpc) is 2.83. The number of aromatic nitrogens is 2. The molecule has 3 rings (SSSR count). The summed E-state index contributed by atoms with van der Waals surface area (Å²) in [4.78, 5) is 30.0. The molecule has 0 unspecified atom stereocenters. The molecule has 0 radical (unpaired) electrons. The number of halogens is 3. The molecule has 0 fully saturated rings. The predicted octanol–water partition coefficient (Wildman–Crippen LogP) is 4.79. The van der Waals surface area contributed by atoms with Gasteiger partial charge in [0.15, 0.2) is 0 Å². The van der Waals surface area contributed by atoms with Crippen molar-refractivity contribution in [3.8, 4) is 5.75 Å². The summed E-state index contributed by atoms with van der Waals surface area (Å²) < 4.78 is 36.9. The smallest absolute Gasteiger partial charge is 0.490 e. The van der Waals surface area contributed by atoms with E-state index in [9.17, 15) is 18.0 Å². The highest BCUT2D eigenvalue weighted by atomic mass is 19.4. The number of hydrogen-bond donors (Lipinski definition) is 4. The predicted molar refractivity (Wildman–Crippen MR) is 134 cm³/mol. The van der Waals surface area contributed by atoms with Crippen molar-refractivity contribution in [1.82, 2.24) is 9.97 Å². The van der Waals surface area contributed by atoms with Gasteiger partial charge >= 0.3 is 12.1 Å². The zero-order valence-corrected chi connectivity index (χ0v) is 20.5. The standard InChI is InChI=1S/C23H27N5O2.C2HF3O2/c1-16-5-4-6-18(13-16)15-25-23-26-17(2)14-21(28-23)24-12-11-22(29)27-19-7-9-20(30-3)10-8-19;3-2(4,5)1(6)7/h4-10,13-14H,11-12,15H2,1-3H3,(H,27,29)(H2,24,25,26,28);(H,6,7). The van der Waals surface area contributed by atoms with E-state index < -0.39 is 12.1 Å². The number of ether oxygens (including phenoxy) is 1. The average molecular weight is 520 g/mol. The van der Waals surface area contributed by atoms with Crippen LogP contribution < -0.4 is 20.7 Å². The molecule has 0 atom stereocenters. The Hall–Kier alpha value is -4.35. The number of benzene rings is 2. The Morgan fingerprint density at radius 1 is 1.00 bits per heavy atom. The van der Waals surface area contributed by atoms with Crippen LogP contribution in [0.25, 0.3) is 0 Å². The van der Waals surface area contributed by atoms with Gasteiger partial charge in [-0.2, -0.15) is 18.2 Å². The van der Waals surface area contributed by atoms with Crippen LogP contribution in [0.4, 0.5) is 30.6 Å². The second-order valence-electron chi connectivity index (χ2n) is 7.82. The minimum absolute atomic E-state index is 0.0729. The number of carbonyl (C=O) groups excluding carboxylic acids is 1. The summed E-state index contributed by atoms with van der Waals surface area (Å²) in [5.74, 6) is -0.836. The van der Waals surface area contributed by atoms with Gasteiger partial charge in [0.25, 0.3) is 0 Å². The van der Waals surface area contributed by atoms with Crippen LogP contribution in [0.1, 0.15) is 23.2 Å². The number of carboxylic acid groups (broad SMARTS) is 1. The van der Waals surface area contributed by atoms with E-state index in [1.165, 1.54) is 11.1 Å². The number of aryl methyl sites for hydroxylation is 2. The minimum Gasteiger partial charge on any atom is -0.497 e. The van der Waals surface area contributed by atoms with Crippen LogP contribution in [0.3, 0.4) is 0 Å². The van der Waals surface area contributed by atoms with Crippen molar-refractivity contribution < 1.29 is 32.6 Å². The van der Waals surface area contributed by atoms with Gasteiger partial charge in [0.2, 0.25) is 11.9 Å². The minimum atomic E-state index is -5.08. The number of amides is 1. The number of carbonyl (C=O) groups is 2. The summed E-state index contributed by atoms with van der Waals surface area (Å²) in [6.45, 7) is 5.10. The number of hydrogen-bond acceptors (Lipinski definition) is 7. The fraction of sp³-hybridized carbons (Fsp3) is 0.280. The van der Waals surface area contributed by atoms with Crippen LogP contribution in [0, 0.1) is 13.8 Å². The zero-order chi connectivity index (χ0) is 27.4. The second kappa shape index (κ2) is 13.7. The third-order valence-corrected chi connectivity index (χ3v) is 4.66.